The minimum atomic E-state index is -0.879. The first-order valence-electron chi connectivity index (χ1n) is 11.0. The van der Waals surface area contributed by atoms with Crippen molar-refractivity contribution in [2.24, 2.45) is 5.73 Å². The molecule has 0 saturated carbocycles. The molecule has 35 heavy (non-hydrogen) atoms. The Hall–Kier alpha value is -4.15. The third kappa shape index (κ3) is 4.13. The van der Waals surface area contributed by atoms with E-state index in [9.17, 15) is 9.59 Å². The average molecular weight is 474 g/mol. The van der Waals surface area contributed by atoms with Gasteiger partial charge in [-0.1, -0.05) is 12.1 Å². The summed E-state index contributed by atoms with van der Waals surface area (Å²) >= 11 is 0. The van der Waals surface area contributed by atoms with Crippen molar-refractivity contribution in [3.8, 4) is 11.4 Å². The minimum absolute atomic E-state index is 0.248. The van der Waals surface area contributed by atoms with E-state index in [1.54, 1.807) is 53.4 Å². The lowest BCUT2D eigenvalue weighted by Crippen LogP contribution is -2.36. The van der Waals surface area contributed by atoms with Gasteiger partial charge in [-0.3, -0.25) is 19.5 Å². The van der Waals surface area contributed by atoms with E-state index in [4.69, 9.17) is 5.73 Å². The number of nitrogens with one attached hydrogen (secondary N) is 1. The van der Waals surface area contributed by atoms with Gasteiger partial charge in [0.2, 0.25) is 11.7 Å². The van der Waals surface area contributed by atoms with Gasteiger partial charge in [-0.15, -0.1) is 0 Å². The van der Waals surface area contributed by atoms with Crippen LogP contribution in [0.2, 0.25) is 0 Å². The molecule has 1 unspecified atom stereocenters. The summed E-state index contributed by atoms with van der Waals surface area (Å²) in [5.41, 5.74) is 8.07. The van der Waals surface area contributed by atoms with Gasteiger partial charge >= 0.3 is 0 Å². The molecule has 10 heteroatoms. The van der Waals surface area contributed by atoms with Gasteiger partial charge in [0.05, 0.1) is 12.2 Å². The van der Waals surface area contributed by atoms with Crippen LogP contribution in [0.1, 0.15) is 44.0 Å². The fourth-order valence-corrected chi connectivity index (χ4v) is 4.33. The lowest BCUT2D eigenvalue weighted by Gasteiger charge is -2.24. The number of nitrogens with two attached hydrogens (primary N) is 1. The lowest BCUT2D eigenvalue weighted by molar-refractivity contribution is 0.0919. The Morgan fingerprint density at radius 3 is 2.71 bits per heavy atom. The number of aromatic nitrogens is 4. The number of hydrogen-bond donors (Lipinski definition) is 2. The molecule has 0 saturated heterocycles. The normalized spacial score (nSPS) is 15.4. The number of rotatable bonds is 6. The van der Waals surface area contributed by atoms with Crippen molar-refractivity contribution in [1.29, 1.82) is 0 Å². The molecule has 3 heterocycles. The SMILES string of the molecule is CN(C)Cc1nccn1-c1ccc(C2NCc3ncn(-c4cccc(C(N)=O)c4)c3C2=O)c(F)c1. The number of fused-ring (bicyclic) bond motifs is 1. The predicted molar refractivity (Wildman–Crippen MR) is 127 cm³/mol. The van der Waals surface area contributed by atoms with Gasteiger partial charge in [0.15, 0.2) is 0 Å². The molecule has 1 aliphatic heterocycles. The highest BCUT2D eigenvalue weighted by Gasteiger charge is 2.34. The summed E-state index contributed by atoms with van der Waals surface area (Å²) in [6.07, 6.45) is 4.98. The van der Waals surface area contributed by atoms with Crippen molar-refractivity contribution in [2.75, 3.05) is 14.1 Å². The summed E-state index contributed by atoms with van der Waals surface area (Å²) in [5, 5.41) is 3.10. The first-order chi connectivity index (χ1) is 16.8. The molecule has 0 spiro atoms. The molecule has 1 aliphatic rings. The smallest absolute Gasteiger partial charge is 0.248 e. The molecule has 0 radical (unpaired) electrons. The fraction of sp³-hybridized carbons (Fsp3) is 0.200. The monoisotopic (exact) mass is 473 g/mol. The molecule has 0 bridgehead atoms. The van der Waals surface area contributed by atoms with E-state index >= 15 is 4.39 Å². The largest absolute Gasteiger partial charge is 0.366 e. The highest BCUT2D eigenvalue weighted by Crippen LogP contribution is 2.30. The van der Waals surface area contributed by atoms with Gasteiger partial charge in [-0.05, 0) is 44.4 Å². The Morgan fingerprint density at radius 1 is 1.17 bits per heavy atom. The molecule has 1 amide bonds. The number of carbonyl (C=O) groups is 2. The summed E-state index contributed by atoms with van der Waals surface area (Å²) in [7, 11) is 3.87. The van der Waals surface area contributed by atoms with Crippen molar-refractivity contribution in [3.63, 3.8) is 0 Å². The molecule has 9 nitrogen and oxygen atoms in total. The Kier molecular flexibility index (Phi) is 5.75. The standard InChI is InChI=1S/C25H24FN7O2/c1-31(2)13-21-28-8-9-32(21)17-6-7-18(19(26)11-17)22-24(34)23-20(12-29-22)30-14-33(23)16-5-3-4-15(10-16)25(27)35/h3-11,14,22,29H,12-13H2,1-2H3,(H2,27,35). The van der Waals surface area contributed by atoms with Crippen LogP contribution >= 0.6 is 0 Å². The third-order valence-electron chi connectivity index (χ3n) is 5.97. The Morgan fingerprint density at radius 2 is 1.97 bits per heavy atom. The second kappa shape index (κ2) is 8.90. The van der Waals surface area contributed by atoms with E-state index < -0.39 is 17.8 Å². The van der Waals surface area contributed by atoms with Crippen molar-refractivity contribution in [2.45, 2.75) is 19.1 Å². The fourth-order valence-electron chi connectivity index (χ4n) is 4.33. The molecule has 2 aromatic heterocycles. The zero-order chi connectivity index (χ0) is 24.7. The zero-order valence-corrected chi connectivity index (χ0v) is 19.3. The number of benzene rings is 2. The number of Topliss-reactive ketones (excluding diaryl/α,β-unsaturated/α-hetero) is 1. The van der Waals surface area contributed by atoms with Crippen LogP contribution in [0.25, 0.3) is 11.4 Å². The first kappa shape index (κ1) is 22.6. The molecule has 0 aliphatic carbocycles. The van der Waals surface area contributed by atoms with Gasteiger partial charge in [-0.2, -0.15) is 0 Å². The Labute approximate surface area is 201 Å². The van der Waals surface area contributed by atoms with Crippen LogP contribution in [0.3, 0.4) is 0 Å². The topological polar surface area (TPSA) is 111 Å². The van der Waals surface area contributed by atoms with Crippen LogP contribution in [0.5, 0.6) is 0 Å². The van der Waals surface area contributed by atoms with Gasteiger partial charge < -0.3 is 15.2 Å². The summed E-state index contributed by atoms with van der Waals surface area (Å²) in [4.78, 5) is 35.8. The van der Waals surface area contributed by atoms with E-state index in [1.807, 2.05) is 23.6 Å². The quantitative estimate of drug-likeness (QED) is 0.445. The highest BCUT2D eigenvalue weighted by atomic mass is 19.1. The zero-order valence-electron chi connectivity index (χ0n) is 19.3. The summed E-state index contributed by atoms with van der Waals surface area (Å²) < 4.78 is 18.8. The molecule has 2 aromatic carbocycles. The summed E-state index contributed by atoms with van der Waals surface area (Å²) in [6, 6.07) is 10.6. The van der Waals surface area contributed by atoms with E-state index in [0.29, 0.717) is 41.4 Å². The molecule has 1 atom stereocenters. The molecule has 4 aromatic rings. The van der Waals surface area contributed by atoms with Crippen molar-refractivity contribution >= 4 is 11.7 Å². The van der Waals surface area contributed by atoms with E-state index in [1.165, 1.54) is 12.4 Å². The third-order valence-corrected chi connectivity index (χ3v) is 5.97. The van der Waals surface area contributed by atoms with Crippen LogP contribution in [0.15, 0.2) is 61.2 Å². The number of primary amides is 1. The van der Waals surface area contributed by atoms with Crippen LogP contribution < -0.4 is 11.1 Å². The first-order valence-corrected chi connectivity index (χ1v) is 11.0. The van der Waals surface area contributed by atoms with Gasteiger partial charge in [0.25, 0.3) is 0 Å². The van der Waals surface area contributed by atoms with Gasteiger partial charge in [-0.25, -0.2) is 14.4 Å². The lowest BCUT2D eigenvalue weighted by atomic mass is 9.95. The number of carbonyl (C=O) groups excluding carboxylic acids is 2. The number of hydrogen-bond acceptors (Lipinski definition) is 6. The number of halogens is 1. The minimum Gasteiger partial charge on any atom is -0.366 e. The molecule has 3 N–H and O–H groups in total. The maximum atomic E-state index is 15.4. The van der Waals surface area contributed by atoms with Gasteiger partial charge in [0, 0.05) is 41.4 Å². The molecule has 0 fully saturated rings. The van der Waals surface area contributed by atoms with Crippen molar-refractivity contribution in [1.82, 2.24) is 29.3 Å². The van der Waals surface area contributed by atoms with Crippen LogP contribution in [-0.2, 0) is 13.1 Å². The van der Waals surface area contributed by atoms with Crippen LogP contribution in [0.4, 0.5) is 4.39 Å². The Bertz CT molecular complexity index is 1440. The number of ketones is 1. The highest BCUT2D eigenvalue weighted by molar-refractivity contribution is 6.02. The second-order valence-corrected chi connectivity index (χ2v) is 8.66. The van der Waals surface area contributed by atoms with E-state index in [-0.39, 0.29) is 11.3 Å². The maximum absolute atomic E-state index is 15.4. The molecular weight excluding hydrogens is 449 g/mol. The van der Waals surface area contributed by atoms with Crippen molar-refractivity contribution in [3.05, 3.63) is 95.3 Å². The summed E-state index contributed by atoms with van der Waals surface area (Å²) in [6.45, 7) is 0.896. The second-order valence-electron chi connectivity index (χ2n) is 8.66. The molecule has 5 rings (SSSR count). The van der Waals surface area contributed by atoms with Crippen molar-refractivity contribution < 1.29 is 14.0 Å². The number of imidazole rings is 2. The van der Waals surface area contributed by atoms with Crippen LogP contribution in [-0.4, -0.2) is 49.8 Å². The predicted octanol–water partition coefficient (Wildman–Crippen LogP) is 2.38. The molecule has 178 valence electrons. The Balaban J connectivity index is 1.48. The van der Waals surface area contributed by atoms with E-state index in [2.05, 4.69) is 15.3 Å². The van der Waals surface area contributed by atoms with Crippen LogP contribution in [0, 0.1) is 5.82 Å². The van der Waals surface area contributed by atoms with E-state index in [0.717, 1.165) is 5.82 Å². The average Bonchev–Trinajstić information content (AvgIpc) is 3.47. The number of amides is 1. The maximum Gasteiger partial charge on any atom is 0.248 e. The number of nitrogens with zero attached hydrogens (tertiary/aromatic N) is 5. The molecular formula is C25H24FN7O2. The summed E-state index contributed by atoms with van der Waals surface area (Å²) in [5.74, 6) is -0.597. The van der Waals surface area contributed by atoms with Gasteiger partial charge in [0.1, 0.15) is 29.7 Å².